The van der Waals surface area contributed by atoms with Crippen LogP contribution in [0.4, 0.5) is 4.79 Å². The Hall–Kier alpha value is -2.83. The number of piperidine rings is 1. The first kappa shape index (κ1) is 21.9. The zero-order chi connectivity index (χ0) is 21.9. The van der Waals surface area contributed by atoms with E-state index in [0.29, 0.717) is 19.6 Å². The number of ether oxygens (including phenoxy) is 1. The van der Waals surface area contributed by atoms with E-state index in [0.717, 1.165) is 24.0 Å². The first-order valence-corrected chi connectivity index (χ1v) is 10.4. The van der Waals surface area contributed by atoms with Gasteiger partial charge in [-0.15, -0.1) is 0 Å². The summed E-state index contributed by atoms with van der Waals surface area (Å²) in [5.74, 6) is -1.59. The SMILES string of the molecule is CC(C)(C)OC(=O)N1CCC(C=CC(=O)N2Cc3ccccc3C(C(=O)O)C2)CC1. The van der Waals surface area contributed by atoms with E-state index < -0.39 is 17.5 Å². The molecule has 2 aliphatic heterocycles. The fraction of sp³-hybridized carbons (Fsp3) is 0.522. The highest BCUT2D eigenvalue weighted by molar-refractivity contribution is 5.89. The van der Waals surface area contributed by atoms with Gasteiger partial charge in [0.15, 0.2) is 0 Å². The molecule has 2 heterocycles. The molecule has 1 aromatic carbocycles. The predicted molar refractivity (Wildman–Crippen MR) is 112 cm³/mol. The van der Waals surface area contributed by atoms with E-state index in [1.165, 1.54) is 0 Å². The average molecular weight is 415 g/mol. The molecule has 0 aliphatic carbocycles. The molecule has 7 heteroatoms. The van der Waals surface area contributed by atoms with Crippen LogP contribution in [0, 0.1) is 5.92 Å². The number of amides is 2. The Morgan fingerprint density at radius 1 is 1.10 bits per heavy atom. The summed E-state index contributed by atoms with van der Waals surface area (Å²) >= 11 is 0. The van der Waals surface area contributed by atoms with Crippen LogP contribution < -0.4 is 0 Å². The number of hydrogen-bond donors (Lipinski definition) is 1. The molecule has 7 nitrogen and oxygen atoms in total. The number of carbonyl (C=O) groups is 3. The highest BCUT2D eigenvalue weighted by atomic mass is 16.6. The molecule has 0 aromatic heterocycles. The number of rotatable bonds is 3. The van der Waals surface area contributed by atoms with E-state index in [-0.39, 0.29) is 24.5 Å². The summed E-state index contributed by atoms with van der Waals surface area (Å²) in [6, 6.07) is 7.39. The highest BCUT2D eigenvalue weighted by Crippen LogP contribution is 2.29. The standard InChI is InChI=1S/C23H30N2O5/c1-23(2,3)30-22(29)24-12-10-16(11-13-24)8-9-20(26)25-14-17-6-4-5-7-18(17)19(15-25)21(27)28/h4-9,16,19H,10-15H2,1-3H3,(H,27,28). The Morgan fingerprint density at radius 3 is 2.40 bits per heavy atom. The van der Waals surface area contributed by atoms with Gasteiger partial charge in [0.1, 0.15) is 5.60 Å². The van der Waals surface area contributed by atoms with Crippen LogP contribution in [-0.2, 0) is 20.9 Å². The van der Waals surface area contributed by atoms with Crippen LogP contribution in [0.1, 0.15) is 50.7 Å². The van der Waals surface area contributed by atoms with Crippen molar-refractivity contribution in [1.82, 2.24) is 9.80 Å². The van der Waals surface area contributed by atoms with Crippen molar-refractivity contribution in [2.75, 3.05) is 19.6 Å². The number of carbonyl (C=O) groups excluding carboxylic acids is 2. The summed E-state index contributed by atoms with van der Waals surface area (Å²) in [7, 11) is 0. The van der Waals surface area contributed by atoms with Crippen LogP contribution in [0.2, 0.25) is 0 Å². The van der Waals surface area contributed by atoms with Crippen LogP contribution >= 0.6 is 0 Å². The molecule has 1 N–H and O–H groups in total. The highest BCUT2D eigenvalue weighted by Gasteiger charge is 2.32. The molecule has 0 spiro atoms. The van der Waals surface area contributed by atoms with Crippen molar-refractivity contribution in [2.24, 2.45) is 5.92 Å². The second-order valence-electron chi connectivity index (χ2n) is 8.97. The maximum Gasteiger partial charge on any atom is 0.410 e. The summed E-state index contributed by atoms with van der Waals surface area (Å²) in [5.41, 5.74) is 1.15. The van der Waals surface area contributed by atoms with Gasteiger partial charge < -0.3 is 19.6 Å². The number of benzene rings is 1. The molecule has 1 fully saturated rings. The molecular formula is C23H30N2O5. The smallest absolute Gasteiger partial charge is 0.410 e. The van der Waals surface area contributed by atoms with Crippen molar-refractivity contribution in [3.05, 3.63) is 47.5 Å². The first-order valence-electron chi connectivity index (χ1n) is 10.4. The summed E-state index contributed by atoms with van der Waals surface area (Å²) in [5, 5.41) is 9.56. The van der Waals surface area contributed by atoms with Gasteiger partial charge in [-0.1, -0.05) is 30.3 Å². The lowest BCUT2D eigenvalue weighted by Crippen LogP contribution is -2.41. The Kier molecular flexibility index (Phi) is 6.48. The number of aliphatic carboxylic acids is 1. The lowest BCUT2D eigenvalue weighted by Gasteiger charge is -2.33. The molecule has 0 radical (unpaired) electrons. The Balaban J connectivity index is 1.56. The van der Waals surface area contributed by atoms with E-state index in [9.17, 15) is 19.5 Å². The van der Waals surface area contributed by atoms with Crippen molar-refractivity contribution in [3.8, 4) is 0 Å². The van der Waals surface area contributed by atoms with Gasteiger partial charge in [0.25, 0.3) is 0 Å². The van der Waals surface area contributed by atoms with E-state index >= 15 is 0 Å². The number of fused-ring (bicyclic) bond motifs is 1. The fourth-order valence-corrected chi connectivity index (χ4v) is 3.91. The zero-order valence-electron chi connectivity index (χ0n) is 17.8. The van der Waals surface area contributed by atoms with E-state index in [1.54, 1.807) is 15.9 Å². The van der Waals surface area contributed by atoms with Crippen LogP contribution in [0.15, 0.2) is 36.4 Å². The largest absolute Gasteiger partial charge is 0.481 e. The lowest BCUT2D eigenvalue weighted by atomic mass is 9.89. The Morgan fingerprint density at radius 2 is 1.77 bits per heavy atom. The second-order valence-corrected chi connectivity index (χ2v) is 8.97. The van der Waals surface area contributed by atoms with Crippen molar-refractivity contribution < 1.29 is 24.2 Å². The maximum atomic E-state index is 12.7. The monoisotopic (exact) mass is 414 g/mol. The number of carboxylic acids is 1. The molecule has 3 rings (SSSR count). The molecule has 30 heavy (non-hydrogen) atoms. The summed E-state index contributed by atoms with van der Waals surface area (Å²) in [6.07, 6.45) is 4.69. The third-order valence-electron chi connectivity index (χ3n) is 5.51. The van der Waals surface area contributed by atoms with Crippen LogP contribution in [0.25, 0.3) is 0 Å². The van der Waals surface area contributed by atoms with Gasteiger partial charge in [-0.3, -0.25) is 9.59 Å². The van der Waals surface area contributed by atoms with Gasteiger partial charge in [0.05, 0.1) is 5.92 Å². The molecule has 1 unspecified atom stereocenters. The number of allylic oxidation sites excluding steroid dienone is 1. The van der Waals surface area contributed by atoms with Crippen LogP contribution in [0.3, 0.4) is 0 Å². The van der Waals surface area contributed by atoms with Crippen LogP contribution in [0.5, 0.6) is 0 Å². The Labute approximate surface area is 177 Å². The molecule has 0 saturated carbocycles. The minimum atomic E-state index is -0.918. The molecular weight excluding hydrogens is 384 g/mol. The van der Waals surface area contributed by atoms with Gasteiger partial charge in [-0.25, -0.2) is 4.79 Å². The van der Waals surface area contributed by atoms with Crippen molar-refractivity contribution in [1.29, 1.82) is 0 Å². The van der Waals surface area contributed by atoms with Gasteiger partial charge in [0, 0.05) is 26.2 Å². The van der Waals surface area contributed by atoms with E-state index in [1.807, 2.05) is 51.1 Å². The average Bonchev–Trinajstić information content (AvgIpc) is 2.70. The Bertz CT molecular complexity index is 834. The molecule has 2 aliphatic rings. The number of likely N-dealkylation sites (tertiary alicyclic amines) is 1. The second kappa shape index (κ2) is 8.90. The zero-order valence-corrected chi connectivity index (χ0v) is 17.8. The third-order valence-corrected chi connectivity index (χ3v) is 5.51. The third kappa shape index (κ3) is 5.40. The maximum absolute atomic E-state index is 12.7. The van der Waals surface area contributed by atoms with Gasteiger partial charge in [-0.05, 0) is 56.7 Å². The molecule has 162 valence electrons. The van der Waals surface area contributed by atoms with Gasteiger partial charge in [0.2, 0.25) is 5.91 Å². The molecule has 1 atom stereocenters. The normalized spacial score (nSPS) is 20.2. The minimum absolute atomic E-state index is 0.173. The molecule has 2 amide bonds. The topological polar surface area (TPSA) is 87.2 Å². The predicted octanol–water partition coefficient (Wildman–Crippen LogP) is 3.40. The van der Waals surface area contributed by atoms with Crippen molar-refractivity contribution in [2.45, 2.75) is 51.7 Å². The fourth-order valence-electron chi connectivity index (χ4n) is 3.91. The lowest BCUT2D eigenvalue weighted by molar-refractivity contribution is -0.140. The summed E-state index contributed by atoms with van der Waals surface area (Å²) < 4.78 is 5.41. The van der Waals surface area contributed by atoms with E-state index in [4.69, 9.17) is 4.74 Å². The molecule has 1 saturated heterocycles. The minimum Gasteiger partial charge on any atom is -0.481 e. The molecule has 0 bridgehead atoms. The van der Waals surface area contributed by atoms with Crippen molar-refractivity contribution >= 4 is 18.0 Å². The van der Waals surface area contributed by atoms with E-state index in [2.05, 4.69) is 0 Å². The summed E-state index contributed by atoms with van der Waals surface area (Å²) in [4.78, 5) is 39.8. The molecule has 1 aromatic rings. The van der Waals surface area contributed by atoms with Crippen LogP contribution in [-0.4, -0.2) is 58.1 Å². The number of nitrogens with zero attached hydrogens (tertiary/aromatic N) is 2. The summed E-state index contributed by atoms with van der Waals surface area (Å²) in [6.45, 7) is 7.32. The van der Waals surface area contributed by atoms with Gasteiger partial charge in [-0.2, -0.15) is 0 Å². The van der Waals surface area contributed by atoms with Crippen molar-refractivity contribution in [3.63, 3.8) is 0 Å². The number of carboxylic acid groups (broad SMARTS) is 1. The first-order chi connectivity index (χ1) is 14.1. The quantitative estimate of drug-likeness (QED) is 0.766. The number of hydrogen-bond acceptors (Lipinski definition) is 4. The van der Waals surface area contributed by atoms with Gasteiger partial charge >= 0.3 is 12.1 Å².